The minimum absolute atomic E-state index is 0.0332. The molecule has 0 radical (unpaired) electrons. The molecular weight excluding hydrogens is 564 g/mol. The topological polar surface area (TPSA) is 150 Å². The van der Waals surface area contributed by atoms with Crippen LogP contribution in [0.3, 0.4) is 0 Å². The van der Waals surface area contributed by atoms with Crippen LogP contribution in [0.25, 0.3) is 6.08 Å². The van der Waals surface area contributed by atoms with Crippen LogP contribution in [0.15, 0.2) is 17.5 Å². The molecule has 4 rings (SSSR count). The molecule has 0 bridgehead atoms. The molecule has 2 N–H and O–H groups in total. The molecular formula is C22H29ClN4O7S3. The number of nitrogens with zero attached hydrogens (tertiary/aromatic N) is 2. The van der Waals surface area contributed by atoms with E-state index in [4.69, 9.17) is 11.6 Å². The van der Waals surface area contributed by atoms with E-state index < -0.39 is 49.8 Å². The van der Waals surface area contributed by atoms with E-state index in [-0.39, 0.29) is 24.0 Å². The Morgan fingerprint density at radius 1 is 1.16 bits per heavy atom. The molecule has 4 heterocycles. The third-order valence-corrected chi connectivity index (χ3v) is 10.7. The first kappa shape index (κ1) is 28.0. The molecule has 3 saturated heterocycles. The van der Waals surface area contributed by atoms with Crippen molar-refractivity contribution in [3.05, 3.63) is 26.8 Å². The lowest BCUT2D eigenvalue weighted by molar-refractivity contribution is -0.145. The number of carbonyl (C=O) groups excluding carboxylic acids is 3. The summed E-state index contributed by atoms with van der Waals surface area (Å²) in [6, 6.07) is 1.16. The van der Waals surface area contributed by atoms with Crippen molar-refractivity contribution in [1.82, 2.24) is 19.8 Å². The van der Waals surface area contributed by atoms with Crippen molar-refractivity contribution < 1.29 is 31.2 Å². The number of piperidine rings is 1. The Balaban J connectivity index is 1.33. The van der Waals surface area contributed by atoms with Gasteiger partial charge in [0.05, 0.1) is 22.4 Å². The molecule has 3 amide bonds. The summed E-state index contributed by atoms with van der Waals surface area (Å²) in [4.78, 5) is 42.2. The number of thiophene rings is 1. The van der Waals surface area contributed by atoms with Crippen LogP contribution in [0, 0.1) is 0 Å². The van der Waals surface area contributed by atoms with Crippen LogP contribution in [0.1, 0.15) is 37.0 Å². The number of sulfone groups is 1. The van der Waals surface area contributed by atoms with Crippen LogP contribution in [0.4, 0.5) is 0 Å². The highest BCUT2D eigenvalue weighted by atomic mass is 35.5. The summed E-state index contributed by atoms with van der Waals surface area (Å²) in [6.07, 6.45) is 3.63. The minimum atomic E-state index is -3.92. The Hall–Kier alpha value is -2.00. The number of halogens is 1. The number of carbonyl (C=O) groups is 3. The molecule has 0 saturated carbocycles. The Labute approximate surface area is 225 Å². The Kier molecular flexibility index (Phi) is 8.63. The van der Waals surface area contributed by atoms with E-state index in [1.54, 1.807) is 12.1 Å². The van der Waals surface area contributed by atoms with Crippen LogP contribution in [0.2, 0.25) is 4.34 Å². The van der Waals surface area contributed by atoms with Gasteiger partial charge in [-0.15, -0.1) is 11.3 Å². The number of hydrogen-bond acceptors (Lipinski definition) is 8. The predicted molar refractivity (Wildman–Crippen MR) is 140 cm³/mol. The monoisotopic (exact) mass is 592 g/mol. The highest BCUT2D eigenvalue weighted by molar-refractivity contribution is 7.92. The summed E-state index contributed by atoms with van der Waals surface area (Å²) in [5, 5.41) is 3.73. The second-order valence-corrected chi connectivity index (χ2v) is 15.0. The third kappa shape index (κ3) is 7.31. The molecule has 37 heavy (non-hydrogen) atoms. The van der Waals surface area contributed by atoms with E-state index in [0.29, 0.717) is 54.4 Å². The lowest BCUT2D eigenvalue weighted by atomic mass is 10.1. The van der Waals surface area contributed by atoms with Crippen molar-refractivity contribution in [2.45, 2.75) is 50.2 Å². The standard InChI is InChI=1S/C22H29ClN4O7S3/c23-19-6-5-16(35-19)8-12-37(33,34)25-17-3-1-9-26(22(17)30)13-20(28)27-10-2-4-18(27)21(29)24-15-7-11-36(31,32)14-15/h5-6,8,12,15,17-18,25H,1-4,7,9-11,13-14H2,(H,24,29)/b12-8+. The number of likely N-dealkylation sites (tertiary alicyclic amines) is 2. The first-order valence-corrected chi connectivity index (χ1v) is 16.5. The zero-order chi connectivity index (χ0) is 26.8. The lowest BCUT2D eigenvalue weighted by Gasteiger charge is -2.34. The molecule has 1 aromatic heterocycles. The average molecular weight is 593 g/mol. The smallest absolute Gasteiger partial charge is 0.243 e. The number of nitrogens with one attached hydrogen (secondary N) is 2. The fourth-order valence-corrected chi connectivity index (χ4v) is 8.56. The highest BCUT2D eigenvalue weighted by Crippen LogP contribution is 2.23. The summed E-state index contributed by atoms with van der Waals surface area (Å²) < 4.78 is 51.3. The van der Waals surface area contributed by atoms with Gasteiger partial charge in [0.25, 0.3) is 0 Å². The van der Waals surface area contributed by atoms with E-state index in [0.717, 1.165) is 5.41 Å². The second kappa shape index (κ2) is 11.4. The van der Waals surface area contributed by atoms with Gasteiger partial charge < -0.3 is 15.1 Å². The first-order valence-electron chi connectivity index (χ1n) is 12.0. The fraction of sp³-hybridized carbons (Fsp3) is 0.591. The summed E-state index contributed by atoms with van der Waals surface area (Å²) in [7, 11) is -7.07. The number of rotatable bonds is 8. The third-order valence-electron chi connectivity index (χ3n) is 6.62. The maximum atomic E-state index is 13.1. The summed E-state index contributed by atoms with van der Waals surface area (Å²) in [6.45, 7) is 0.397. The highest BCUT2D eigenvalue weighted by Gasteiger charge is 2.39. The number of amides is 3. The van der Waals surface area contributed by atoms with Crippen molar-refractivity contribution in [1.29, 1.82) is 0 Å². The van der Waals surface area contributed by atoms with Crippen LogP contribution >= 0.6 is 22.9 Å². The first-order chi connectivity index (χ1) is 17.4. The van der Waals surface area contributed by atoms with Crippen LogP contribution in [-0.2, 0) is 34.2 Å². The van der Waals surface area contributed by atoms with Crippen molar-refractivity contribution >= 4 is 66.6 Å². The van der Waals surface area contributed by atoms with Gasteiger partial charge in [-0.25, -0.2) is 16.8 Å². The zero-order valence-corrected chi connectivity index (χ0v) is 23.2. The van der Waals surface area contributed by atoms with E-state index in [2.05, 4.69) is 10.0 Å². The van der Waals surface area contributed by atoms with Crippen LogP contribution in [0.5, 0.6) is 0 Å². The van der Waals surface area contributed by atoms with Crippen molar-refractivity contribution in [2.24, 2.45) is 0 Å². The normalized spacial score (nSPS) is 26.2. The van der Waals surface area contributed by atoms with Gasteiger partial charge in [0.15, 0.2) is 9.84 Å². The molecule has 3 fully saturated rings. The summed E-state index contributed by atoms with van der Waals surface area (Å²) in [5.74, 6) is -1.35. The number of sulfonamides is 1. The quantitative estimate of drug-likeness (QED) is 0.448. The molecule has 1 aromatic rings. The van der Waals surface area contributed by atoms with Crippen LogP contribution in [-0.4, -0.2) is 93.6 Å². The zero-order valence-electron chi connectivity index (χ0n) is 20.0. The molecule has 3 aliphatic rings. The molecule has 15 heteroatoms. The van der Waals surface area contributed by atoms with Gasteiger partial charge in [0, 0.05) is 29.4 Å². The Morgan fingerprint density at radius 2 is 1.92 bits per heavy atom. The van der Waals surface area contributed by atoms with Gasteiger partial charge in [-0.1, -0.05) is 11.6 Å². The van der Waals surface area contributed by atoms with Gasteiger partial charge in [-0.05, 0) is 50.3 Å². The molecule has 0 aromatic carbocycles. The SMILES string of the molecule is O=C(NC1CCS(=O)(=O)C1)C1CCCN1C(=O)CN1CCCC(NS(=O)(=O)/C=C/c2ccc(Cl)s2)C1=O. The van der Waals surface area contributed by atoms with E-state index in [1.807, 2.05) is 0 Å². The summed E-state index contributed by atoms with van der Waals surface area (Å²) in [5.41, 5.74) is 0. The fourth-order valence-electron chi connectivity index (χ4n) is 4.82. The second-order valence-electron chi connectivity index (χ2n) is 9.42. The van der Waals surface area contributed by atoms with E-state index in [1.165, 1.54) is 27.2 Å². The van der Waals surface area contributed by atoms with Gasteiger partial charge in [0.1, 0.15) is 12.1 Å². The molecule has 204 valence electrons. The van der Waals surface area contributed by atoms with Crippen molar-refractivity contribution in [2.75, 3.05) is 31.1 Å². The molecule has 0 spiro atoms. The maximum Gasteiger partial charge on any atom is 0.243 e. The Morgan fingerprint density at radius 3 is 2.59 bits per heavy atom. The number of hydrogen-bond donors (Lipinski definition) is 2. The van der Waals surface area contributed by atoms with Gasteiger partial charge in [-0.3, -0.25) is 14.4 Å². The van der Waals surface area contributed by atoms with Crippen LogP contribution < -0.4 is 10.0 Å². The minimum Gasteiger partial charge on any atom is -0.351 e. The lowest BCUT2D eigenvalue weighted by Crippen LogP contribution is -2.56. The largest absolute Gasteiger partial charge is 0.351 e. The average Bonchev–Trinajstić information content (AvgIpc) is 3.55. The van der Waals surface area contributed by atoms with Gasteiger partial charge in [-0.2, -0.15) is 4.72 Å². The van der Waals surface area contributed by atoms with E-state index in [9.17, 15) is 31.2 Å². The summed E-state index contributed by atoms with van der Waals surface area (Å²) >= 11 is 7.08. The van der Waals surface area contributed by atoms with Gasteiger partial charge in [0.2, 0.25) is 27.7 Å². The molecule has 11 nitrogen and oxygen atoms in total. The maximum absolute atomic E-state index is 13.1. The molecule has 3 aliphatic heterocycles. The Bertz CT molecular complexity index is 1290. The van der Waals surface area contributed by atoms with E-state index >= 15 is 0 Å². The predicted octanol–water partition coefficient (Wildman–Crippen LogP) is 0.577. The molecule has 3 unspecified atom stereocenters. The van der Waals surface area contributed by atoms with Gasteiger partial charge >= 0.3 is 0 Å². The molecule has 3 atom stereocenters. The molecule has 0 aliphatic carbocycles. The van der Waals surface area contributed by atoms with Crippen molar-refractivity contribution in [3.8, 4) is 0 Å². The van der Waals surface area contributed by atoms with Crippen molar-refractivity contribution in [3.63, 3.8) is 0 Å².